The van der Waals surface area contributed by atoms with Gasteiger partial charge in [-0.05, 0) is 173 Å². The monoisotopic (exact) mass is 869 g/mol. The first-order chi connectivity index (χ1) is 18.4. The molecule has 1 aromatic carbocycles. The van der Waals surface area contributed by atoms with Crippen molar-refractivity contribution in [3.63, 3.8) is 0 Å². The summed E-state index contributed by atoms with van der Waals surface area (Å²) in [6.07, 6.45) is 12.7. The number of anilines is 1. The number of hydrogen-bond acceptors (Lipinski definition) is 4. The van der Waals surface area contributed by atoms with Crippen LogP contribution in [0.15, 0.2) is 17.7 Å². The Labute approximate surface area is 275 Å². The summed E-state index contributed by atoms with van der Waals surface area (Å²) in [6.45, 7) is 8.81. The van der Waals surface area contributed by atoms with Crippen LogP contribution in [0.1, 0.15) is 91.0 Å². The van der Waals surface area contributed by atoms with Gasteiger partial charge >= 0.3 is 5.97 Å². The number of Topliss-reactive ketones (excluding diaryl/α,β-unsaturated/α-hetero) is 1. The molecule has 7 heteroatoms. The SMILES string of the molecule is CCC(Cc1c(I)cc(I)c(N)c1I)C(=O)OC1CCC2(C)C(=CCC3C2CCC2(C)C(C(C)=O)CCC32)C1. The molecule has 4 aliphatic carbocycles. The van der Waals surface area contributed by atoms with Crippen molar-refractivity contribution in [2.24, 2.45) is 40.4 Å². The Morgan fingerprint density at radius 3 is 2.51 bits per heavy atom. The van der Waals surface area contributed by atoms with E-state index >= 15 is 0 Å². The topological polar surface area (TPSA) is 69.4 Å². The van der Waals surface area contributed by atoms with Gasteiger partial charge in [-0.15, -0.1) is 0 Å². The van der Waals surface area contributed by atoms with E-state index in [0.29, 0.717) is 30.0 Å². The molecule has 0 amide bonds. The maximum atomic E-state index is 13.4. The number of allylic oxidation sites excluding steroid dienone is 1. The molecule has 0 saturated heterocycles. The zero-order valence-electron chi connectivity index (χ0n) is 23.6. The van der Waals surface area contributed by atoms with Crippen LogP contribution in [0.4, 0.5) is 5.69 Å². The van der Waals surface area contributed by atoms with E-state index in [0.717, 1.165) is 54.9 Å². The minimum atomic E-state index is -0.155. The fourth-order valence-electron chi connectivity index (χ4n) is 9.13. The molecular weight excluding hydrogens is 827 g/mol. The molecule has 8 atom stereocenters. The largest absolute Gasteiger partial charge is 0.462 e. The molecule has 5 rings (SSSR count). The lowest BCUT2D eigenvalue weighted by atomic mass is 9.47. The Hall–Kier alpha value is 0.0900. The highest BCUT2D eigenvalue weighted by Crippen LogP contribution is 2.66. The summed E-state index contributed by atoms with van der Waals surface area (Å²) < 4.78 is 9.54. The van der Waals surface area contributed by atoms with Crippen LogP contribution >= 0.6 is 67.8 Å². The Bertz CT molecular complexity index is 1200. The molecule has 8 unspecified atom stereocenters. The standard InChI is InChI=1S/C32H42I3NO3/c1-5-18(14-22-26(33)16-27(34)29(36)28(22)35)30(38)39-20-10-12-31(3)19(15-20)6-7-21-24-9-8-23(17(2)37)32(24,4)13-11-25(21)31/h6,16,18,20-21,23-25H,5,7-15,36H2,1-4H3. The third-order valence-electron chi connectivity index (χ3n) is 11.4. The average Bonchev–Trinajstić information content (AvgIpc) is 3.25. The van der Waals surface area contributed by atoms with Gasteiger partial charge in [0.2, 0.25) is 0 Å². The third kappa shape index (κ3) is 5.37. The van der Waals surface area contributed by atoms with Crippen molar-refractivity contribution in [2.45, 2.75) is 98.0 Å². The zero-order valence-corrected chi connectivity index (χ0v) is 30.1. The molecule has 4 nitrogen and oxygen atoms in total. The van der Waals surface area contributed by atoms with Gasteiger partial charge < -0.3 is 10.5 Å². The third-order valence-corrected chi connectivity index (χ3v) is 14.5. The van der Waals surface area contributed by atoms with E-state index in [-0.39, 0.29) is 34.7 Å². The number of esters is 1. The number of nitrogen functional groups attached to an aromatic ring is 1. The molecule has 0 heterocycles. The fraction of sp³-hybridized carbons (Fsp3) is 0.688. The number of hydrogen-bond donors (Lipinski definition) is 1. The number of carbonyl (C=O) groups excluding carboxylic acids is 2. The highest BCUT2D eigenvalue weighted by molar-refractivity contribution is 14.1. The number of benzene rings is 1. The quantitative estimate of drug-likeness (QED) is 0.135. The predicted molar refractivity (Wildman–Crippen MR) is 182 cm³/mol. The summed E-state index contributed by atoms with van der Waals surface area (Å²) in [7, 11) is 0. The van der Waals surface area contributed by atoms with E-state index < -0.39 is 0 Å². The van der Waals surface area contributed by atoms with Crippen molar-refractivity contribution < 1.29 is 14.3 Å². The van der Waals surface area contributed by atoms with Gasteiger partial charge in [-0.25, -0.2) is 0 Å². The Morgan fingerprint density at radius 1 is 1.08 bits per heavy atom. The van der Waals surface area contributed by atoms with E-state index in [2.05, 4.69) is 101 Å². The van der Waals surface area contributed by atoms with Crippen LogP contribution in [-0.2, 0) is 20.7 Å². The number of carbonyl (C=O) groups is 2. The van der Waals surface area contributed by atoms with E-state index in [1.807, 2.05) is 6.92 Å². The summed E-state index contributed by atoms with van der Waals surface area (Å²) >= 11 is 6.97. The number of rotatable bonds is 6. The predicted octanol–water partition coefficient (Wildman–Crippen LogP) is 8.73. The van der Waals surface area contributed by atoms with Gasteiger partial charge in [-0.2, -0.15) is 0 Å². The zero-order chi connectivity index (χ0) is 28.3. The lowest BCUT2D eigenvalue weighted by Crippen LogP contribution is -2.51. The smallest absolute Gasteiger partial charge is 0.309 e. The van der Waals surface area contributed by atoms with Crippen molar-refractivity contribution in [1.29, 1.82) is 0 Å². The highest BCUT2D eigenvalue weighted by Gasteiger charge is 2.59. The van der Waals surface area contributed by atoms with Gasteiger partial charge in [0.15, 0.2) is 0 Å². The molecule has 3 fully saturated rings. The molecule has 0 spiro atoms. The fourth-order valence-corrected chi connectivity index (χ4v) is 12.9. The number of nitrogens with two attached hydrogens (primary N) is 1. The van der Waals surface area contributed by atoms with E-state index in [1.165, 1.54) is 30.4 Å². The summed E-state index contributed by atoms with van der Waals surface area (Å²) in [5, 5.41) is 0. The van der Waals surface area contributed by atoms with Gasteiger partial charge in [0.25, 0.3) is 0 Å². The molecule has 0 aliphatic heterocycles. The molecule has 4 aliphatic rings. The van der Waals surface area contributed by atoms with Crippen molar-refractivity contribution in [2.75, 3.05) is 5.73 Å². The molecule has 3 saturated carbocycles. The van der Waals surface area contributed by atoms with Gasteiger partial charge in [0.1, 0.15) is 11.9 Å². The number of ether oxygens (including phenoxy) is 1. The average molecular weight is 869 g/mol. The lowest BCUT2D eigenvalue weighted by Gasteiger charge is -2.58. The van der Waals surface area contributed by atoms with Crippen LogP contribution in [0, 0.1) is 51.1 Å². The maximum Gasteiger partial charge on any atom is 0.309 e. The normalized spacial score (nSPS) is 36.3. The van der Waals surface area contributed by atoms with Crippen molar-refractivity contribution >= 4 is 85.2 Å². The van der Waals surface area contributed by atoms with Gasteiger partial charge in [-0.1, -0.05) is 32.4 Å². The number of fused-ring (bicyclic) bond motifs is 5. The first-order valence-electron chi connectivity index (χ1n) is 14.7. The molecule has 214 valence electrons. The molecule has 1 aromatic rings. The summed E-state index contributed by atoms with van der Waals surface area (Å²) in [5.41, 5.74) is 10.2. The van der Waals surface area contributed by atoms with Crippen LogP contribution in [0.5, 0.6) is 0 Å². The molecule has 0 bridgehead atoms. The van der Waals surface area contributed by atoms with Crippen molar-refractivity contribution in [3.8, 4) is 0 Å². The van der Waals surface area contributed by atoms with E-state index in [1.54, 1.807) is 0 Å². The molecular formula is C32H42I3NO3. The summed E-state index contributed by atoms with van der Waals surface area (Å²) in [5.74, 6) is 2.50. The lowest BCUT2D eigenvalue weighted by molar-refractivity contribution is -0.156. The molecule has 0 aromatic heterocycles. The van der Waals surface area contributed by atoms with Crippen molar-refractivity contribution in [1.82, 2.24) is 0 Å². The van der Waals surface area contributed by atoms with Crippen LogP contribution in [0.3, 0.4) is 0 Å². The first-order valence-corrected chi connectivity index (χ1v) is 18.0. The van der Waals surface area contributed by atoms with E-state index in [9.17, 15) is 9.59 Å². The van der Waals surface area contributed by atoms with Crippen LogP contribution in [0.2, 0.25) is 0 Å². The Kier molecular flexibility index (Phi) is 9.12. The van der Waals surface area contributed by atoms with Crippen molar-refractivity contribution in [3.05, 3.63) is 34.0 Å². The number of ketones is 1. The second-order valence-corrected chi connectivity index (χ2v) is 16.6. The van der Waals surface area contributed by atoms with Gasteiger partial charge in [-0.3, -0.25) is 9.59 Å². The van der Waals surface area contributed by atoms with Crippen LogP contribution < -0.4 is 5.73 Å². The summed E-state index contributed by atoms with van der Waals surface area (Å²) in [4.78, 5) is 25.9. The minimum absolute atomic E-state index is 0.0233. The number of halogens is 3. The summed E-state index contributed by atoms with van der Waals surface area (Å²) in [6, 6.07) is 2.11. The Morgan fingerprint density at radius 2 is 1.82 bits per heavy atom. The second kappa shape index (κ2) is 11.6. The van der Waals surface area contributed by atoms with Gasteiger partial charge in [0.05, 0.1) is 11.6 Å². The van der Waals surface area contributed by atoms with Crippen LogP contribution in [0.25, 0.3) is 0 Å². The van der Waals surface area contributed by atoms with E-state index in [4.69, 9.17) is 10.5 Å². The molecule has 0 radical (unpaired) electrons. The molecule has 2 N–H and O–H groups in total. The van der Waals surface area contributed by atoms with Gasteiger partial charge in [0, 0.05) is 23.0 Å². The first kappa shape index (κ1) is 30.5. The highest BCUT2D eigenvalue weighted by atomic mass is 127. The van der Waals surface area contributed by atoms with Crippen LogP contribution in [-0.4, -0.2) is 17.9 Å². The maximum absolute atomic E-state index is 13.4. The Balaban J connectivity index is 1.27. The molecule has 39 heavy (non-hydrogen) atoms. The minimum Gasteiger partial charge on any atom is -0.462 e. The second-order valence-electron chi connectivity index (χ2n) is 13.2.